The molecule has 2 amide bonds. The maximum absolute atomic E-state index is 12.7. The Morgan fingerprint density at radius 2 is 1.90 bits per heavy atom. The van der Waals surface area contributed by atoms with Crippen LogP contribution < -0.4 is 4.74 Å². The van der Waals surface area contributed by atoms with Crippen molar-refractivity contribution in [3.8, 4) is 5.75 Å². The van der Waals surface area contributed by atoms with Gasteiger partial charge in [0.1, 0.15) is 17.3 Å². The molecule has 7 nitrogen and oxygen atoms in total. The largest absolute Gasteiger partial charge is 0.492 e. The van der Waals surface area contributed by atoms with Gasteiger partial charge in [0, 0.05) is 23.7 Å². The summed E-state index contributed by atoms with van der Waals surface area (Å²) in [4.78, 5) is 26.5. The fourth-order valence-corrected chi connectivity index (χ4v) is 5.17. The number of amides is 2. The molecule has 0 unspecified atom stereocenters. The van der Waals surface area contributed by atoms with Gasteiger partial charge in [-0.25, -0.2) is 12.7 Å². The van der Waals surface area contributed by atoms with Crippen molar-refractivity contribution in [1.29, 1.82) is 0 Å². The smallest absolute Gasteiger partial charge is 0.269 e. The number of nitrogens with zero attached hydrogens (tertiary/aromatic N) is 2. The van der Waals surface area contributed by atoms with E-state index in [4.69, 9.17) is 16.3 Å². The monoisotopic (exact) mass is 434 g/mol. The van der Waals surface area contributed by atoms with E-state index >= 15 is 0 Å². The first kappa shape index (κ1) is 19.7. The molecule has 1 heterocycles. The molecule has 2 aromatic carbocycles. The third-order valence-electron chi connectivity index (χ3n) is 4.93. The van der Waals surface area contributed by atoms with Crippen LogP contribution in [0.1, 0.15) is 33.6 Å². The number of carbonyl (C=O) groups excluding carboxylic acids is 2. The highest BCUT2D eigenvalue weighted by Crippen LogP contribution is 2.39. The van der Waals surface area contributed by atoms with Crippen LogP contribution in [0.5, 0.6) is 5.75 Å². The van der Waals surface area contributed by atoms with Crippen LogP contribution in [-0.2, 0) is 10.0 Å². The van der Waals surface area contributed by atoms with Crippen LogP contribution in [0.2, 0.25) is 5.02 Å². The number of fused-ring (bicyclic) bond motifs is 1. The molecule has 152 valence electrons. The van der Waals surface area contributed by atoms with E-state index in [2.05, 4.69) is 0 Å². The van der Waals surface area contributed by atoms with Gasteiger partial charge in [-0.3, -0.25) is 9.59 Å². The van der Waals surface area contributed by atoms with E-state index in [-0.39, 0.29) is 34.6 Å². The Morgan fingerprint density at radius 1 is 1.21 bits per heavy atom. The molecule has 0 N–H and O–H groups in total. The number of carbonyl (C=O) groups is 2. The van der Waals surface area contributed by atoms with Crippen molar-refractivity contribution >= 4 is 33.4 Å². The molecule has 9 heteroatoms. The zero-order chi connectivity index (χ0) is 20.8. The molecule has 0 bridgehead atoms. The number of halogens is 1. The molecule has 0 spiro atoms. The zero-order valence-electron chi connectivity index (χ0n) is 15.7. The summed E-state index contributed by atoms with van der Waals surface area (Å²) in [6, 6.07) is 10.8. The summed E-state index contributed by atoms with van der Waals surface area (Å²) < 4.78 is 32.0. The third-order valence-corrected chi connectivity index (χ3v) is 7.06. The van der Waals surface area contributed by atoms with Crippen LogP contribution in [0.4, 0.5) is 0 Å². The predicted octanol–water partition coefficient (Wildman–Crippen LogP) is 2.80. The summed E-state index contributed by atoms with van der Waals surface area (Å²) >= 11 is 5.83. The first-order valence-corrected chi connectivity index (χ1v) is 11.0. The number of hydrogen-bond donors (Lipinski definition) is 0. The second-order valence-corrected chi connectivity index (χ2v) is 9.30. The van der Waals surface area contributed by atoms with Gasteiger partial charge in [-0.05, 0) is 55.3 Å². The van der Waals surface area contributed by atoms with E-state index in [9.17, 15) is 18.0 Å². The zero-order valence-corrected chi connectivity index (χ0v) is 17.2. The van der Waals surface area contributed by atoms with Crippen molar-refractivity contribution < 1.29 is 22.7 Å². The Balaban J connectivity index is 1.45. The van der Waals surface area contributed by atoms with Crippen molar-refractivity contribution in [3.63, 3.8) is 0 Å². The fraction of sp³-hybridized carbons (Fsp3) is 0.300. The molecule has 0 saturated heterocycles. The molecule has 1 aliphatic carbocycles. The lowest BCUT2D eigenvalue weighted by Crippen LogP contribution is -2.32. The average molecular weight is 435 g/mol. The van der Waals surface area contributed by atoms with Crippen LogP contribution in [0, 0.1) is 0 Å². The van der Waals surface area contributed by atoms with E-state index < -0.39 is 15.9 Å². The van der Waals surface area contributed by atoms with Crippen LogP contribution in [0.25, 0.3) is 0 Å². The summed E-state index contributed by atoms with van der Waals surface area (Å²) in [6.07, 6.45) is 1.36. The molecular formula is C20H19ClN2O5S. The number of sulfonamides is 1. The molecule has 1 fully saturated rings. The highest BCUT2D eigenvalue weighted by molar-refractivity contribution is 7.90. The van der Waals surface area contributed by atoms with Gasteiger partial charge in [-0.1, -0.05) is 11.6 Å². The lowest BCUT2D eigenvalue weighted by atomic mass is 10.1. The van der Waals surface area contributed by atoms with Crippen LogP contribution in [0.3, 0.4) is 0 Å². The Kier molecular flexibility index (Phi) is 5.00. The van der Waals surface area contributed by atoms with E-state index in [0.29, 0.717) is 30.2 Å². The molecule has 0 aromatic heterocycles. The van der Waals surface area contributed by atoms with Crippen LogP contribution in [-0.4, -0.2) is 55.7 Å². The Morgan fingerprint density at radius 3 is 2.55 bits per heavy atom. The van der Waals surface area contributed by atoms with Crippen molar-refractivity contribution in [2.24, 2.45) is 0 Å². The Labute approximate surface area is 173 Å². The third kappa shape index (κ3) is 3.70. The lowest BCUT2D eigenvalue weighted by molar-refractivity contribution is 0.0772. The quantitative estimate of drug-likeness (QED) is 0.698. The van der Waals surface area contributed by atoms with Crippen molar-refractivity contribution in [3.05, 3.63) is 58.6 Å². The maximum Gasteiger partial charge on any atom is 0.269 e. The molecule has 4 rings (SSSR count). The van der Waals surface area contributed by atoms with Crippen LogP contribution in [0.15, 0.2) is 47.4 Å². The SMILES string of the molecule is CN(CCOc1ccc(Cl)cc1)C(=O)c1ccc2c(c1)S(=O)(=O)N(C1CC1)C2=O. The number of rotatable bonds is 6. The normalized spacial score (nSPS) is 17.2. The average Bonchev–Trinajstić information content (AvgIpc) is 3.50. The minimum Gasteiger partial charge on any atom is -0.492 e. The Hall–Kier alpha value is -2.58. The summed E-state index contributed by atoms with van der Waals surface area (Å²) in [6.45, 7) is 0.569. The van der Waals surface area contributed by atoms with Gasteiger partial charge in [0.15, 0.2) is 0 Å². The molecule has 0 atom stereocenters. The highest BCUT2D eigenvalue weighted by atomic mass is 35.5. The predicted molar refractivity (Wildman–Crippen MR) is 107 cm³/mol. The van der Waals surface area contributed by atoms with Gasteiger partial charge in [-0.2, -0.15) is 0 Å². The van der Waals surface area contributed by atoms with E-state index in [0.717, 1.165) is 4.31 Å². The van der Waals surface area contributed by atoms with Crippen molar-refractivity contribution in [1.82, 2.24) is 9.21 Å². The topological polar surface area (TPSA) is 84.0 Å². The first-order valence-electron chi connectivity index (χ1n) is 9.15. The van der Waals surface area contributed by atoms with Gasteiger partial charge < -0.3 is 9.64 Å². The van der Waals surface area contributed by atoms with E-state index in [1.165, 1.54) is 23.1 Å². The lowest BCUT2D eigenvalue weighted by Gasteiger charge is -2.18. The molecule has 1 aliphatic heterocycles. The summed E-state index contributed by atoms with van der Waals surface area (Å²) in [7, 11) is -2.28. The maximum atomic E-state index is 12.7. The van der Waals surface area contributed by atoms with Crippen LogP contribution >= 0.6 is 11.6 Å². The standard InChI is InChI=1S/C20H19ClN2O5S/c1-22(10-11-28-16-7-3-14(21)4-8-16)19(24)13-2-9-17-18(12-13)29(26,27)23(20(17)25)15-5-6-15/h2-4,7-9,12,15H,5-6,10-11H2,1H3. The molecule has 29 heavy (non-hydrogen) atoms. The van der Waals surface area contributed by atoms with Gasteiger partial charge in [0.25, 0.3) is 21.8 Å². The highest BCUT2D eigenvalue weighted by Gasteiger charge is 2.48. The number of likely N-dealkylation sites (N-methyl/N-ethyl adjacent to an activating group) is 1. The summed E-state index contributed by atoms with van der Waals surface area (Å²) in [5.41, 5.74) is 0.342. The molecule has 1 saturated carbocycles. The minimum atomic E-state index is -3.89. The van der Waals surface area contributed by atoms with E-state index in [1.807, 2.05) is 0 Å². The fourth-order valence-electron chi connectivity index (χ4n) is 3.20. The molecule has 2 aromatic rings. The van der Waals surface area contributed by atoms with Gasteiger partial charge in [0.2, 0.25) is 0 Å². The first-order chi connectivity index (χ1) is 13.8. The number of benzene rings is 2. The molecular weight excluding hydrogens is 416 g/mol. The second-order valence-electron chi connectivity index (χ2n) is 7.08. The van der Waals surface area contributed by atoms with Gasteiger partial charge in [0.05, 0.1) is 12.1 Å². The molecule has 0 radical (unpaired) electrons. The van der Waals surface area contributed by atoms with E-state index in [1.54, 1.807) is 31.3 Å². The summed E-state index contributed by atoms with van der Waals surface area (Å²) in [5, 5.41) is 0.606. The van der Waals surface area contributed by atoms with Crippen molar-refractivity contribution in [2.75, 3.05) is 20.2 Å². The number of hydrogen-bond acceptors (Lipinski definition) is 5. The van der Waals surface area contributed by atoms with Gasteiger partial charge >= 0.3 is 0 Å². The van der Waals surface area contributed by atoms with Crippen molar-refractivity contribution in [2.45, 2.75) is 23.8 Å². The number of ether oxygens (including phenoxy) is 1. The second kappa shape index (κ2) is 7.35. The summed E-state index contributed by atoms with van der Waals surface area (Å²) in [5.74, 6) is -0.219. The molecule has 2 aliphatic rings. The van der Waals surface area contributed by atoms with Gasteiger partial charge in [-0.15, -0.1) is 0 Å². The minimum absolute atomic E-state index is 0.0916. The Bertz CT molecular complexity index is 1080.